The first-order valence-electron chi connectivity index (χ1n) is 11.3. The van der Waals surface area contributed by atoms with Crippen LogP contribution in [0.5, 0.6) is 5.75 Å². The minimum atomic E-state index is -3.67. The van der Waals surface area contributed by atoms with Crippen LogP contribution in [0, 0.1) is 5.82 Å². The second kappa shape index (κ2) is 12.6. The van der Waals surface area contributed by atoms with Gasteiger partial charge in [-0.15, -0.1) is 0 Å². The van der Waals surface area contributed by atoms with Crippen molar-refractivity contribution in [1.29, 1.82) is 0 Å². The van der Waals surface area contributed by atoms with E-state index in [0.29, 0.717) is 41.5 Å². The number of benzene rings is 1. The number of β-amino-alcohol motifs (C(OH)–C–C–N with tert-alkyl or cyclic N) is 1. The predicted octanol–water partition coefficient (Wildman–Crippen LogP) is 1.50. The van der Waals surface area contributed by atoms with Gasteiger partial charge in [0.05, 0.1) is 17.8 Å². The number of ether oxygens (including phenoxy) is 1. The molecule has 3 heterocycles. The molecule has 36 heavy (non-hydrogen) atoms. The van der Waals surface area contributed by atoms with Gasteiger partial charge in [-0.2, -0.15) is 13.4 Å². The lowest BCUT2D eigenvalue weighted by Crippen LogP contribution is -2.48. The average molecular weight is 545 g/mol. The molecule has 0 aromatic heterocycles. The Labute approximate surface area is 213 Å². The van der Waals surface area contributed by atoms with Gasteiger partial charge in [0.15, 0.2) is 5.17 Å². The van der Waals surface area contributed by atoms with Crippen LogP contribution in [0.15, 0.2) is 28.1 Å². The molecule has 2 saturated heterocycles. The van der Waals surface area contributed by atoms with Crippen LogP contribution in [0.2, 0.25) is 0 Å². The summed E-state index contributed by atoms with van der Waals surface area (Å²) in [6.07, 6.45) is 3.65. The molecule has 198 valence electrons. The van der Waals surface area contributed by atoms with Gasteiger partial charge >= 0.3 is 6.09 Å². The zero-order valence-corrected chi connectivity index (χ0v) is 21.4. The van der Waals surface area contributed by atoms with Crippen LogP contribution in [-0.2, 0) is 14.9 Å². The number of likely N-dealkylation sites (tertiary alicyclic amines) is 1. The number of thioether (sulfide) groups is 1. The van der Waals surface area contributed by atoms with E-state index in [1.54, 1.807) is 11.0 Å². The molecule has 2 N–H and O–H groups in total. The van der Waals surface area contributed by atoms with Crippen LogP contribution in [0.4, 0.5) is 9.18 Å². The maximum absolute atomic E-state index is 13.8. The summed E-state index contributed by atoms with van der Waals surface area (Å²) in [6, 6.07) is 3.92. The van der Waals surface area contributed by atoms with Gasteiger partial charge in [0.2, 0.25) is 0 Å². The number of aliphatic hydroxyl groups is 1. The lowest BCUT2D eigenvalue weighted by molar-refractivity contribution is -0.113. The van der Waals surface area contributed by atoms with E-state index in [1.165, 1.54) is 23.9 Å². The second-order valence-corrected chi connectivity index (χ2v) is 10.8. The first kappa shape index (κ1) is 28.1. The smallest absolute Gasteiger partial charge is 0.409 e. The van der Waals surface area contributed by atoms with Crippen molar-refractivity contribution < 1.29 is 36.8 Å². The lowest BCUT2D eigenvalue weighted by Gasteiger charge is -2.34. The van der Waals surface area contributed by atoms with Crippen molar-refractivity contribution in [3.63, 3.8) is 0 Å². The Hall–Kier alpha value is -2.52. The van der Waals surface area contributed by atoms with Gasteiger partial charge in [-0.05, 0) is 42.8 Å². The van der Waals surface area contributed by atoms with Gasteiger partial charge < -0.3 is 19.6 Å². The Morgan fingerprint density at radius 2 is 1.83 bits per heavy atom. The second-order valence-electron chi connectivity index (χ2n) is 8.34. The molecule has 0 atom stereocenters. The molecular formula is C22H29FN4O7S2. The molecule has 1 aromatic rings. The molecule has 4 rings (SSSR count). The molecule has 0 saturated carbocycles. The molecule has 1 aromatic carbocycles. The Bertz CT molecular complexity index is 1120. The molecule has 2 amide bonds. The maximum atomic E-state index is 13.8. The van der Waals surface area contributed by atoms with Gasteiger partial charge in [0, 0.05) is 57.4 Å². The van der Waals surface area contributed by atoms with Crippen molar-refractivity contribution in [3.8, 4) is 5.75 Å². The molecule has 2 fully saturated rings. The van der Waals surface area contributed by atoms with Crippen LogP contribution in [0.1, 0.15) is 18.4 Å². The quantitative estimate of drug-likeness (QED) is 0.423. The van der Waals surface area contributed by atoms with Crippen molar-refractivity contribution in [1.82, 2.24) is 14.7 Å². The van der Waals surface area contributed by atoms with E-state index < -0.39 is 22.0 Å². The summed E-state index contributed by atoms with van der Waals surface area (Å²) in [5.41, 5.74) is 0.453. The summed E-state index contributed by atoms with van der Waals surface area (Å²) in [5, 5.41) is 9.71. The normalized spacial score (nSPS) is 19.8. The fraction of sp³-hybridized carbons (Fsp3) is 0.500. The number of aliphatic imine (C=N–C) groups is 1. The molecule has 0 spiro atoms. The highest BCUT2D eigenvalue weighted by molar-refractivity contribution is 8.18. The third-order valence-corrected chi connectivity index (χ3v) is 6.54. The Morgan fingerprint density at radius 1 is 1.19 bits per heavy atom. The molecular weight excluding hydrogens is 515 g/mol. The molecule has 3 aliphatic rings. The van der Waals surface area contributed by atoms with E-state index in [-0.39, 0.29) is 18.3 Å². The minimum Gasteiger partial charge on any atom is -0.409 e. The topological polar surface area (TPSA) is 140 Å². The Kier molecular flexibility index (Phi) is 9.84. The van der Waals surface area contributed by atoms with E-state index in [2.05, 4.69) is 14.8 Å². The number of carbonyl (C=O) groups excluding carboxylic acids is 2. The molecule has 14 heteroatoms. The highest BCUT2D eigenvalue weighted by Gasteiger charge is 2.29. The number of amidine groups is 1. The van der Waals surface area contributed by atoms with E-state index in [0.717, 1.165) is 45.1 Å². The van der Waals surface area contributed by atoms with Crippen molar-refractivity contribution in [3.05, 3.63) is 34.5 Å². The number of hydrogen-bond donors (Lipinski definition) is 2. The van der Waals surface area contributed by atoms with Crippen molar-refractivity contribution >= 4 is 45.1 Å². The number of aliphatic hydroxyl groups excluding tert-OH is 1. The fourth-order valence-electron chi connectivity index (χ4n) is 3.75. The summed E-state index contributed by atoms with van der Waals surface area (Å²) >= 11 is 1.27. The number of hydrogen-bond acceptors (Lipinski definition) is 9. The van der Waals surface area contributed by atoms with Gasteiger partial charge in [0.25, 0.3) is 16.0 Å². The fourth-order valence-corrected chi connectivity index (χ4v) is 4.71. The lowest BCUT2D eigenvalue weighted by atomic mass is 10.2. The predicted molar refractivity (Wildman–Crippen MR) is 134 cm³/mol. The van der Waals surface area contributed by atoms with Gasteiger partial charge in [-0.1, -0.05) is 0 Å². The summed E-state index contributed by atoms with van der Waals surface area (Å²) in [6.45, 7) is 5.06. The zero-order valence-electron chi connectivity index (χ0n) is 19.8. The van der Waals surface area contributed by atoms with Crippen molar-refractivity contribution in [2.75, 3.05) is 58.7 Å². The Balaban J connectivity index is 0.000000658. The van der Waals surface area contributed by atoms with E-state index in [4.69, 9.17) is 14.4 Å². The third-order valence-electron chi connectivity index (χ3n) is 5.49. The molecule has 0 aliphatic carbocycles. The van der Waals surface area contributed by atoms with Crippen LogP contribution >= 0.6 is 11.8 Å². The molecule has 0 unspecified atom stereocenters. The first-order valence-corrected chi connectivity index (χ1v) is 14.0. The summed E-state index contributed by atoms with van der Waals surface area (Å²) < 4.78 is 45.1. The Morgan fingerprint density at radius 3 is 2.44 bits per heavy atom. The molecule has 0 bridgehead atoms. The minimum absolute atomic E-state index is 0.0869. The first-order chi connectivity index (χ1) is 17.0. The molecule has 11 nitrogen and oxygen atoms in total. The summed E-state index contributed by atoms with van der Waals surface area (Å²) in [5.74, 6) is -0.794. The number of nitrogens with zero attached hydrogens (tertiary/aromatic N) is 4. The van der Waals surface area contributed by atoms with Crippen LogP contribution in [0.25, 0.3) is 6.08 Å². The van der Waals surface area contributed by atoms with Crippen LogP contribution in [0.3, 0.4) is 0 Å². The average Bonchev–Trinajstić information content (AvgIpc) is 3.46. The molecule has 0 radical (unpaired) electrons. The monoisotopic (exact) mass is 544 g/mol. The van der Waals surface area contributed by atoms with Crippen molar-refractivity contribution in [2.24, 2.45) is 4.99 Å². The standard InChI is InChI=1S/C21H25FN4O4S.CH4O3S/c22-16-4-3-15(17(14-16)30-21(29)26-5-1-2-6-26)13-18-19(28)23-20(31-18)25-9-7-24(8-10-25)11-12-27;1-5(2,3)4/h3-4,13-14,27H,1-2,5-12H2;1H3,(H,2,3,4)/b18-13-;. The van der Waals surface area contributed by atoms with E-state index in [1.807, 2.05) is 0 Å². The number of piperazine rings is 1. The number of halogens is 1. The highest BCUT2D eigenvalue weighted by Crippen LogP contribution is 2.33. The van der Waals surface area contributed by atoms with E-state index in [9.17, 15) is 22.4 Å². The summed E-state index contributed by atoms with van der Waals surface area (Å²) in [7, 11) is -3.67. The zero-order chi connectivity index (χ0) is 26.3. The highest BCUT2D eigenvalue weighted by atomic mass is 32.2. The van der Waals surface area contributed by atoms with Gasteiger partial charge in [-0.25, -0.2) is 9.18 Å². The van der Waals surface area contributed by atoms with E-state index >= 15 is 0 Å². The summed E-state index contributed by atoms with van der Waals surface area (Å²) in [4.78, 5) is 35.2. The maximum Gasteiger partial charge on any atom is 0.415 e. The number of rotatable bonds is 4. The van der Waals surface area contributed by atoms with Crippen molar-refractivity contribution in [2.45, 2.75) is 12.8 Å². The third kappa shape index (κ3) is 8.55. The number of carbonyl (C=O) groups is 2. The SMILES string of the molecule is CS(=O)(=O)O.O=C1N=C(N2CCN(CCO)CC2)S/C1=C\c1ccc(F)cc1OC(=O)N1CCCC1. The largest absolute Gasteiger partial charge is 0.415 e. The van der Waals surface area contributed by atoms with Crippen LogP contribution < -0.4 is 4.74 Å². The van der Waals surface area contributed by atoms with Crippen LogP contribution in [-0.4, -0.2) is 109 Å². The molecule has 3 aliphatic heterocycles. The van der Waals surface area contributed by atoms with Gasteiger partial charge in [-0.3, -0.25) is 14.2 Å². The number of amides is 2. The van der Waals surface area contributed by atoms with Gasteiger partial charge in [0.1, 0.15) is 11.6 Å².